The van der Waals surface area contributed by atoms with Crippen molar-refractivity contribution in [2.24, 2.45) is 0 Å². The van der Waals surface area contributed by atoms with Crippen molar-refractivity contribution in [3.63, 3.8) is 0 Å². The zero-order chi connectivity index (χ0) is 11.8. The summed E-state index contributed by atoms with van der Waals surface area (Å²) in [6.07, 6.45) is 1.89. The number of rotatable bonds is 2. The number of oxazole rings is 1. The van der Waals surface area contributed by atoms with Crippen LogP contribution in [0.4, 0.5) is 0 Å². The maximum absolute atomic E-state index is 5.77. The number of hydrogen-bond donors (Lipinski definition) is 0. The third-order valence-electron chi connectivity index (χ3n) is 3.08. The molecule has 0 N–H and O–H groups in total. The van der Waals surface area contributed by atoms with E-state index < -0.39 is 0 Å². The second kappa shape index (κ2) is 3.74. The maximum Gasteiger partial charge on any atom is 0.345 e. The topological polar surface area (TPSA) is 17.0 Å². The molecule has 1 heterocycles. The van der Waals surface area contributed by atoms with Gasteiger partial charge in [-0.1, -0.05) is 30.8 Å². The molecule has 0 fully saturated rings. The van der Waals surface area contributed by atoms with E-state index in [1.807, 2.05) is 19.1 Å². The molecule has 0 saturated carbocycles. The van der Waals surface area contributed by atoms with Crippen LogP contribution in [-0.4, -0.2) is 0 Å². The Labute approximate surface area is 99.8 Å². The number of fused-ring (bicyclic) bond motifs is 3. The summed E-state index contributed by atoms with van der Waals surface area (Å²) in [4.78, 5) is 0. The van der Waals surface area contributed by atoms with Gasteiger partial charge in [-0.2, -0.15) is 4.57 Å². The van der Waals surface area contributed by atoms with Crippen molar-refractivity contribution in [3.05, 3.63) is 54.9 Å². The minimum atomic E-state index is 0.771. The normalized spacial score (nSPS) is 11.1. The first kappa shape index (κ1) is 10.1. The van der Waals surface area contributed by atoms with Crippen LogP contribution < -0.4 is 4.57 Å². The summed E-state index contributed by atoms with van der Waals surface area (Å²) in [7, 11) is 0. The monoisotopic (exact) mass is 224 g/mol. The molecule has 2 aromatic carbocycles. The SMILES string of the molecule is C=CC[n+]1c(C)oc2ccc3ccccc3c21. The van der Waals surface area contributed by atoms with E-state index in [1.165, 1.54) is 10.8 Å². The summed E-state index contributed by atoms with van der Waals surface area (Å²) < 4.78 is 7.93. The number of aromatic nitrogens is 1. The van der Waals surface area contributed by atoms with Gasteiger partial charge in [-0.3, -0.25) is 0 Å². The molecular weight excluding hydrogens is 210 g/mol. The first-order chi connectivity index (χ1) is 8.31. The summed E-state index contributed by atoms with van der Waals surface area (Å²) in [6, 6.07) is 12.5. The molecule has 3 rings (SSSR count). The van der Waals surface area contributed by atoms with Crippen LogP contribution in [0.1, 0.15) is 5.89 Å². The molecule has 2 nitrogen and oxygen atoms in total. The minimum absolute atomic E-state index is 0.771. The highest BCUT2D eigenvalue weighted by Gasteiger charge is 2.19. The van der Waals surface area contributed by atoms with Crippen LogP contribution in [0.15, 0.2) is 53.5 Å². The van der Waals surface area contributed by atoms with Gasteiger partial charge in [-0.15, -0.1) is 0 Å². The molecule has 0 bridgehead atoms. The summed E-state index contributed by atoms with van der Waals surface area (Å²) in [5.74, 6) is 0.913. The van der Waals surface area contributed by atoms with Gasteiger partial charge in [0.2, 0.25) is 5.58 Å². The van der Waals surface area contributed by atoms with Gasteiger partial charge in [0.25, 0.3) is 5.52 Å². The smallest absolute Gasteiger partial charge is 0.345 e. The van der Waals surface area contributed by atoms with Gasteiger partial charge in [0.15, 0.2) is 6.54 Å². The second-order valence-corrected chi connectivity index (χ2v) is 4.15. The van der Waals surface area contributed by atoms with Crippen molar-refractivity contribution < 1.29 is 8.98 Å². The van der Waals surface area contributed by atoms with E-state index >= 15 is 0 Å². The first-order valence-corrected chi connectivity index (χ1v) is 5.73. The summed E-state index contributed by atoms with van der Waals surface area (Å²) >= 11 is 0. The van der Waals surface area contributed by atoms with Crippen molar-refractivity contribution in [2.45, 2.75) is 13.5 Å². The molecule has 0 aliphatic carbocycles. The fraction of sp³-hybridized carbons (Fsp3) is 0.133. The third-order valence-corrected chi connectivity index (χ3v) is 3.08. The molecule has 0 amide bonds. The van der Waals surface area contributed by atoms with E-state index in [-0.39, 0.29) is 0 Å². The molecular formula is C15H14NO+. The van der Waals surface area contributed by atoms with Crippen molar-refractivity contribution in [1.82, 2.24) is 0 Å². The molecule has 0 aliphatic heterocycles. The highest BCUT2D eigenvalue weighted by atomic mass is 16.3. The quantitative estimate of drug-likeness (QED) is 0.482. The van der Waals surface area contributed by atoms with E-state index in [0.717, 1.165) is 23.5 Å². The van der Waals surface area contributed by atoms with Crippen LogP contribution in [0.3, 0.4) is 0 Å². The van der Waals surface area contributed by atoms with Crippen molar-refractivity contribution in [2.75, 3.05) is 0 Å². The maximum atomic E-state index is 5.77. The summed E-state index contributed by atoms with van der Waals surface area (Å²) in [5.41, 5.74) is 2.09. The number of allylic oxidation sites excluding steroid dienone is 1. The Morgan fingerprint density at radius 2 is 2.06 bits per heavy atom. The van der Waals surface area contributed by atoms with E-state index in [9.17, 15) is 0 Å². The van der Waals surface area contributed by atoms with Crippen LogP contribution in [0, 0.1) is 6.92 Å². The van der Waals surface area contributed by atoms with E-state index in [1.54, 1.807) is 0 Å². The van der Waals surface area contributed by atoms with Gasteiger partial charge in [-0.25, -0.2) is 0 Å². The van der Waals surface area contributed by atoms with Gasteiger partial charge in [-0.05, 0) is 23.6 Å². The first-order valence-electron chi connectivity index (χ1n) is 5.73. The average molecular weight is 224 g/mol. The Morgan fingerprint density at radius 3 is 2.88 bits per heavy atom. The molecule has 0 unspecified atom stereocenters. The lowest BCUT2D eigenvalue weighted by atomic mass is 10.1. The van der Waals surface area contributed by atoms with Crippen LogP contribution in [-0.2, 0) is 6.54 Å². The minimum Gasteiger partial charge on any atom is -0.402 e. The second-order valence-electron chi connectivity index (χ2n) is 4.15. The number of aryl methyl sites for hydroxylation is 1. The van der Waals surface area contributed by atoms with Gasteiger partial charge in [0.05, 0.1) is 12.3 Å². The van der Waals surface area contributed by atoms with Crippen molar-refractivity contribution >= 4 is 21.9 Å². The zero-order valence-corrected chi connectivity index (χ0v) is 9.81. The number of nitrogens with zero attached hydrogens (tertiary/aromatic N) is 1. The molecule has 0 atom stereocenters. The number of benzene rings is 2. The molecule has 0 saturated heterocycles. The van der Waals surface area contributed by atoms with Crippen LogP contribution >= 0.6 is 0 Å². The Morgan fingerprint density at radius 1 is 1.24 bits per heavy atom. The van der Waals surface area contributed by atoms with E-state index in [0.29, 0.717) is 0 Å². The molecule has 0 radical (unpaired) electrons. The summed E-state index contributed by atoms with van der Waals surface area (Å²) in [6.45, 7) is 6.56. The molecule has 3 aromatic rings. The Kier molecular flexibility index (Phi) is 2.22. The molecule has 0 aliphatic rings. The summed E-state index contributed by atoms with van der Waals surface area (Å²) in [5, 5.41) is 2.46. The highest BCUT2D eigenvalue weighted by Crippen LogP contribution is 2.24. The van der Waals surface area contributed by atoms with Crippen LogP contribution in [0.25, 0.3) is 21.9 Å². The van der Waals surface area contributed by atoms with E-state index in [4.69, 9.17) is 4.42 Å². The molecule has 1 aromatic heterocycles. The van der Waals surface area contributed by atoms with Crippen LogP contribution in [0.5, 0.6) is 0 Å². The Hall–Kier alpha value is -2.09. The standard InChI is InChI=1S/C15H14NO/c1-3-10-16-11(2)17-14-9-8-12-6-4-5-7-13(12)15(14)16/h3-9H,1,10H2,2H3/q+1. The molecule has 84 valence electrons. The van der Waals surface area contributed by atoms with Gasteiger partial charge in [0, 0.05) is 0 Å². The fourth-order valence-corrected chi connectivity index (χ4v) is 2.32. The largest absolute Gasteiger partial charge is 0.402 e. The Bertz CT molecular complexity index is 709. The molecule has 0 spiro atoms. The van der Waals surface area contributed by atoms with Gasteiger partial charge >= 0.3 is 5.89 Å². The molecule has 2 heteroatoms. The van der Waals surface area contributed by atoms with Crippen LogP contribution in [0.2, 0.25) is 0 Å². The van der Waals surface area contributed by atoms with Crippen molar-refractivity contribution in [3.8, 4) is 0 Å². The number of hydrogen-bond acceptors (Lipinski definition) is 1. The average Bonchev–Trinajstić information content (AvgIpc) is 2.67. The third kappa shape index (κ3) is 1.45. The lowest BCUT2D eigenvalue weighted by molar-refractivity contribution is -0.671. The predicted octanol–water partition coefficient (Wildman–Crippen LogP) is 3.37. The van der Waals surface area contributed by atoms with Gasteiger partial charge < -0.3 is 4.42 Å². The predicted molar refractivity (Wildman–Crippen MR) is 68.8 cm³/mol. The lowest BCUT2D eigenvalue weighted by Crippen LogP contribution is -2.34. The Balaban J connectivity index is 2.50. The zero-order valence-electron chi connectivity index (χ0n) is 9.81. The fourth-order valence-electron chi connectivity index (χ4n) is 2.32. The van der Waals surface area contributed by atoms with E-state index in [2.05, 4.69) is 41.5 Å². The van der Waals surface area contributed by atoms with Gasteiger partial charge in [0.1, 0.15) is 0 Å². The lowest BCUT2D eigenvalue weighted by Gasteiger charge is -1.96. The highest BCUT2D eigenvalue weighted by molar-refractivity contribution is 6.01. The van der Waals surface area contributed by atoms with Crippen molar-refractivity contribution in [1.29, 1.82) is 0 Å². The molecule has 17 heavy (non-hydrogen) atoms.